The van der Waals surface area contributed by atoms with E-state index in [2.05, 4.69) is 5.32 Å². The third kappa shape index (κ3) is 1.05. The Morgan fingerprint density at radius 1 is 1.67 bits per heavy atom. The van der Waals surface area contributed by atoms with Crippen LogP contribution in [0.15, 0.2) is 0 Å². The molecule has 0 aliphatic carbocycles. The smallest absolute Gasteiger partial charge is 0.221 e. The van der Waals surface area contributed by atoms with Crippen molar-refractivity contribution in [2.24, 2.45) is 0 Å². The van der Waals surface area contributed by atoms with Crippen molar-refractivity contribution < 1.29 is 24.3 Å². The third-order valence-corrected chi connectivity index (χ3v) is 0.674. The Balaban J connectivity index is 0.000000250. The van der Waals surface area contributed by atoms with Crippen LogP contribution < -0.4 is 5.32 Å². The predicted molar refractivity (Wildman–Crippen MR) is 17.6 cm³/mol. The van der Waals surface area contributed by atoms with Gasteiger partial charge in [0.15, 0.2) is 0 Å². The van der Waals surface area contributed by atoms with E-state index in [1.54, 1.807) is 0 Å². The second-order valence-electron chi connectivity index (χ2n) is 1.10. The van der Waals surface area contributed by atoms with Crippen LogP contribution in [0.5, 0.6) is 0 Å². The molecule has 1 saturated heterocycles. The van der Waals surface area contributed by atoms with E-state index in [4.69, 9.17) is 0 Å². The van der Waals surface area contributed by atoms with E-state index in [0.717, 1.165) is 13.0 Å². The van der Waals surface area contributed by atoms with E-state index < -0.39 is 0 Å². The molecule has 0 bridgehead atoms. The van der Waals surface area contributed by atoms with Gasteiger partial charge in [0.2, 0.25) is 5.91 Å². The number of rotatable bonds is 0. The number of carbonyl (C=O) groups is 1. The summed E-state index contributed by atoms with van der Waals surface area (Å²) in [6.45, 7) is 0.888. The maximum absolute atomic E-state index is 9.79. The molecule has 1 aliphatic heterocycles. The van der Waals surface area contributed by atoms with Crippen LogP contribution in [-0.4, -0.2) is 12.5 Å². The number of hydrogen-bond acceptors (Lipinski definition) is 1. The monoisotopic (exact) mass is 174 g/mol. The average molecular weight is 174 g/mol. The summed E-state index contributed by atoms with van der Waals surface area (Å²) >= 11 is 0. The molecule has 0 atom stereocenters. The van der Waals surface area contributed by atoms with Gasteiger partial charge in [0.05, 0.1) is 0 Å². The Morgan fingerprint density at radius 3 is 2.00 bits per heavy atom. The molecular weight excluding hydrogens is 169 g/mol. The van der Waals surface area contributed by atoms with Gasteiger partial charge in [-0.2, -0.15) is 0 Å². The molecule has 1 heterocycles. The third-order valence-electron chi connectivity index (χ3n) is 0.674. The van der Waals surface area contributed by atoms with Crippen molar-refractivity contribution >= 4 is 5.91 Å². The molecule has 1 rings (SSSR count). The van der Waals surface area contributed by atoms with Crippen molar-refractivity contribution in [1.82, 2.24) is 5.32 Å². The zero-order chi connectivity index (χ0) is 3.70. The van der Waals surface area contributed by atoms with E-state index >= 15 is 0 Å². The first-order valence-corrected chi connectivity index (χ1v) is 1.66. The van der Waals surface area contributed by atoms with Gasteiger partial charge in [0, 0.05) is 32.4 Å². The molecule has 0 aromatic rings. The minimum atomic E-state index is 0. The van der Waals surface area contributed by atoms with Gasteiger partial charge in [0.1, 0.15) is 0 Å². The summed E-state index contributed by atoms with van der Waals surface area (Å²) in [4.78, 5) is 9.79. The number of β-lactam (4-membered cyclic amide) rings is 1. The number of carbonyl (C=O) groups excluding carboxylic acids is 1. The summed E-state index contributed by atoms with van der Waals surface area (Å²) in [7, 11) is 0. The minimum Gasteiger partial charge on any atom is -0.356 e. The Labute approximate surface area is 49.1 Å². The number of amides is 1. The maximum atomic E-state index is 9.79. The summed E-state index contributed by atoms with van der Waals surface area (Å²) in [5.41, 5.74) is 0. The molecule has 6 heavy (non-hydrogen) atoms. The molecule has 0 saturated carbocycles. The first-order chi connectivity index (χ1) is 2.39. The van der Waals surface area contributed by atoms with Gasteiger partial charge in [-0.05, 0) is 0 Å². The molecule has 1 amide bonds. The van der Waals surface area contributed by atoms with Crippen LogP contribution in [0.4, 0.5) is 0 Å². The quantitative estimate of drug-likeness (QED) is 0.389. The van der Waals surface area contributed by atoms with Crippen LogP contribution in [0.25, 0.3) is 0 Å². The normalized spacial score (nSPS) is 17.0. The molecule has 1 aliphatic rings. The largest absolute Gasteiger partial charge is 0.356 e. The van der Waals surface area contributed by atoms with Crippen molar-refractivity contribution in [3.05, 3.63) is 0 Å². The Hall–Kier alpha value is 0.0934. The topological polar surface area (TPSA) is 29.1 Å². The Kier molecular flexibility index (Phi) is 2.33. The van der Waals surface area contributed by atoms with Gasteiger partial charge in [-0.1, -0.05) is 0 Å². The zero-order valence-corrected chi connectivity index (χ0v) is 4.79. The summed E-state index contributed by atoms with van der Waals surface area (Å²) < 4.78 is 0. The van der Waals surface area contributed by atoms with Crippen molar-refractivity contribution in [3.63, 3.8) is 0 Å². The summed E-state index contributed by atoms with van der Waals surface area (Å²) in [5, 5.41) is 2.57. The Bertz CT molecular complexity index is 57.8. The van der Waals surface area contributed by atoms with Crippen LogP contribution >= 0.6 is 0 Å². The minimum absolute atomic E-state index is 0. The van der Waals surface area contributed by atoms with Crippen molar-refractivity contribution in [1.29, 1.82) is 0 Å². The first kappa shape index (κ1) is 6.09. The molecule has 0 aromatic heterocycles. The van der Waals surface area contributed by atoms with E-state index in [9.17, 15) is 4.79 Å². The van der Waals surface area contributed by atoms with Gasteiger partial charge < -0.3 is 5.32 Å². The van der Waals surface area contributed by atoms with Gasteiger partial charge in [0.25, 0.3) is 0 Å². The van der Waals surface area contributed by atoms with Crippen LogP contribution in [0, 0.1) is 0 Å². The van der Waals surface area contributed by atoms with Crippen molar-refractivity contribution in [2.45, 2.75) is 6.42 Å². The van der Waals surface area contributed by atoms with Crippen LogP contribution in [0.3, 0.4) is 0 Å². The van der Waals surface area contributed by atoms with Gasteiger partial charge in [-0.25, -0.2) is 0 Å². The van der Waals surface area contributed by atoms with E-state index in [1.165, 1.54) is 0 Å². The maximum Gasteiger partial charge on any atom is 0.221 e. The van der Waals surface area contributed by atoms with Gasteiger partial charge in [-0.3, -0.25) is 4.79 Å². The number of hydrogen-bond donors (Lipinski definition) is 1. The molecule has 3 heteroatoms. The fourth-order valence-corrected chi connectivity index (χ4v) is 0.227. The molecule has 0 aromatic carbocycles. The fraction of sp³-hybridized carbons (Fsp3) is 0.667. The molecule has 1 radical (unpaired) electrons. The summed E-state index contributed by atoms with van der Waals surface area (Å²) in [5.74, 6) is 0.185. The molecule has 37 valence electrons. The van der Waals surface area contributed by atoms with Gasteiger partial charge in [-0.15, -0.1) is 0 Å². The second kappa shape index (κ2) is 2.30. The summed E-state index contributed by atoms with van der Waals surface area (Å²) in [6, 6.07) is 0. The van der Waals surface area contributed by atoms with Crippen molar-refractivity contribution in [2.75, 3.05) is 6.54 Å². The summed E-state index contributed by atoms with van der Waals surface area (Å²) in [6.07, 6.45) is 0.736. The predicted octanol–water partition coefficient (Wildman–Crippen LogP) is -0.496. The van der Waals surface area contributed by atoms with E-state index in [1.807, 2.05) is 0 Å². The van der Waals surface area contributed by atoms with Crippen LogP contribution in [0.1, 0.15) is 6.42 Å². The molecular formula is C3H5NORh. The van der Waals surface area contributed by atoms with Crippen LogP contribution in [-0.2, 0) is 24.3 Å². The number of nitrogens with one attached hydrogen (secondary N) is 1. The van der Waals surface area contributed by atoms with Gasteiger partial charge >= 0.3 is 0 Å². The van der Waals surface area contributed by atoms with E-state index in [-0.39, 0.29) is 25.4 Å². The van der Waals surface area contributed by atoms with E-state index in [0.29, 0.717) is 0 Å². The fourth-order valence-electron chi connectivity index (χ4n) is 0.227. The standard InChI is InChI=1S/C3H5NO.Rh/c5-3-1-2-4-3;/h1-2H2,(H,4,5);. The average Bonchev–Trinajstić information content (AvgIpc) is 1.30. The molecule has 1 N–H and O–H groups in total. The van der Waals surface area contributed by atoms with Crippen LogP contribution in [0.2, 0.25) is 0 Å². The second-order valence-corrected chi connectivity index (χ2v) is 1.10. The first-order valence-electron chi connectivity index (χ1n) is 1.66. The van der Waals surface area contributed by atoms with Crippen molar-refractivity contribution in [3.8, 4) is 0 Å². The molecule has 1 fully saturated rings. The molecule has 2 nitrogen and oxygen atoms in total. The SMILES string of the molecule is O=C1CCN1.[Rh]. The molecule has 0 unspecified atom stereocenters. The Morgan fingerprint density at radius 2 is 2.00 bits per heavy atom. The molecule has 0 spiro atoms. The zero-order valence-electron chi connectivity index (χ0n) is 3.16.